The first-order valence-electron chi connectivity index (χ1n) is 21.6. The molecular formula is C54H59BN2O. The summed E-state index contributed by atoms with van der Waals surface area (Å²) in [5, 5.41) is 0. The number of anilines is 6. The summed E-state index contributed by atoms with van der Waals surface area (Å²) in [6.45, 7) is 30.5. The molecule has 6 aromatic rings. The van der Waals surface area contributed by atoms with Gasteiger partial charge in [-0.05, 0) is 148 Å². The Kier molecular flexibility index (Phi) is 7.62. The van der Waals surface area contributed by atoms with E-state index in [2.05, 4.69) is 197 Å². The Morgan fingerprint density at radius 1 is 0.586 bits per heavy atom. The molecule has 5 aromatic carbocycles. The lowest BCUT2D eigenvalue weighted by atomic mass is 9.35. The van der Waals surface area contributed by atoms with Crippen LogP contribution in [0.4, 0.5) is 34.1 Å². The Bertz CT molecular complexity index is 2680. The van der Waals surface area contributed by atoms with E-state index in [1.54, 1.807) is 0 Å². The molecule has 0 N–H and O–H groups in total. The highest BCUT2D eigenvalue weighted by molar-refractivity contribution is 6.99. The number of hydrogen-bond acceptors (Lipinski definition) is 3. The lowest BCUT2D eigenvalue weighted by Crippen LogP contribution is -2.61. The maximum atomic E-state index is 7.58. The van der Waals surface area contributed by atoms with E-state index in [4.69, 9.17) is 4.42 Å². The van der Waals surface area contributed by atoms with Crippen LogP contribution in [0.1, 0.15) is 135 Å². The predicted octanol–water partition coefficient (Wildman–Crippen LogP) is 12.9. The molecular weight excluding hydrogens is 703 g/mol. The van der Waals surface area contributed by atoms with Gasteiger partial charge in [0, 0.05) is 39.4 Å². The Balaban J connectivity index is 1.33. The molecule has 0 radical (unpaired) electrons. The smallest absolute Gasteiger partial charge is 0.297 e. The van der Waals surface area contributed by atoms with Gasteiger partial charge in [-0.3, -0.25) is 0 Å². The van der Waals surface area contributed by atoms with Gasteiger partial charge in [0.15, 0.2) is 0 Å². The van der Waals surface area contributed by atoms with E-state index in [0.717, 1.165) is 17.1 Å². The van der Waals surface area contributed by atoms with Gasteiger partial charge in [-0.2, -0.15) is 0 Å². The quantitative estimate of drug-likeness (QED) is 0.164. The summed E-state index contributed by atoms with van der Waals surface area (Å²) in [6.07, 6.45) is 2.33. The molecule has 0 saturated carbocycles. The van der Waals surface area contributed by atoms with Crippen molar-refractivity contribution in [2.75, 3.05) is 9.80 Å². The van der Waals surface area contributed by atoms with Gasteiger partial charge < -0.3 is 14.2 Å². The van der Waals surface area contributed by atoms with E-state index in [9.17, 15) is 0 Å². The maximum absolute atomic E-state index is 7.58. The minimum Gasteiger partial charge on any atom is -0.471 e. The molecule has 4 heteroatoms. The topological polar surface area (TPSA) is 19.6 Å². The lowest BCUT2D eigenvalue weighted by molar-refractivity contribution is 0.332. The monoisotopic (exact) mass is 762 g/mol. The predicted molar refractivity (Wildman–Crippen MR) is 248 cm³/mol. The van der Waals surface area contributed by atoms with E-state index in [-0.39, 0.29) is 33.8 Å². The number of rotatable bonds is 2. The minimum atomic E-state index is -0.282. The number of fused-ring (bicyclic) bond motifs is 9. The van der Waals surface area contributed by atoms with Gasteiger partial charge in [0.2, 0.25) is 0 Å². The van der Waals surface area contributed by atoms with Crippen LogP contribution in [-0.2, 0) is 27.1 Å². The number of nitrogens with zero attached hydrogens (tertiary/aromatic N) is 2. The highest BCUT2D eigenvalue weighted by Crippen LogP contribution is 2.57. The fraction of sp³-hybridized carbons (Fsp3) is 0.370. The van der Waals surface area contributed by atoms with Crippen LogP contribution in [0, 0.1) is 6.92 Å². The molecule has 0 amide bonds. The first-order chi connectivity index (χ1) is 27.2. The van der Waals surface area contributed by atoms with Crippen molar-refractivity contribution in [2.45, 2.75) is 130 Å². The molecule has 294 valence electrons. The zero-order chi connectivity index (χ0) is 41.1. The second-order valence-corrected chi connectivity index (χ2v) is 21.8. The second-order valence-electron chi connectivity index (χ2n) is 21.8. The van der Waals surface area contributed by atoms with Crippen LogP contribution in [0.2, 0.25) is 0 Å². The molecule has 4 aliphatic rings. The first-order valence-corrected chi connectivity index (χ1v) is 21.6. The van der Waals surface area contributed by atoms with Crippen molar-refractivity contribution in [3.05, 3.63) is 136 Å². The van der Waals surface area contributed by atoms with Crippen LogP contribution in [0.5, 0.6) is 0 Å². The van der Waals surface area contributed by atoms with Crippen molar-refractivity contribution < 1.29 is 4.42 Å². The molecule has 3 heterocycles. The molecule has 0 atom stereocenters. The summed E-state index contributed by atoms with van der Waals surface area (Å²) in [5.41, 5.74) is 21.7. The summed E-state index contributed by atoms with van der Waals surface area (Å²) >= 11 is 0. The Morgan fingerprint density at radius 2 is 1.10 bits per heavy atom. The normalized spacial score (nSPS) is 17.9. The zero-order valence-corrected chi connectivity index (χ0v) is 37.0. The highest BCUT2D eigenvalue weighted by atomic mass is 16.3. The SMILES string of the molecule is Cc1cc2c3c(c1)N(c1ccc(C(C)(C)C)cc1)c1c(oc4c1-c1ccccc1C4(C)C)B3c1cc3c(cc1N2c1ccc(C(C)(C)C)cc1)C(C)(C)CCC3(C)C. The fourth-order valence-electron chi connectivity index (χ4n) is 10.8. The summed E-state index contributed by atoms with van der Waals surface area (Å²) in [4.78, 5) is 5.14. The van der Waals surface area contributed by atoms with Crippen LogP contribution in [0.3, 0.4) is 0 Å². The number of aryl methyl sites for hydroxylation is 1. The van der Waals surface area contributed by atoms with Crippen LogP contribution in [0.15, 0.2) is 101 Å². The molecule has 0 saturated heterocycles. The summed E-state index contributed by atoms with van der Waals surface area (Å²) < 4.78 is 7.58. The maximum Gasteiger partial charge on any atom is 0.297 e. The molecule has 0 bridgehead atoms. The van der Waals surface area contributed by atoms with Gasteiger partial charge in [0.05, 0.1) is 11.3 Å². The third-order valence-electron chi connectivity index (χ3n) is 14.4. The minimum absolute atomic E-state index is 0.0489. The third kappa shape index (κ3) is 5.18. The van der Waals surface area contributed by atoms with Gasteiger partial charge in [-0.25, -0.2) is 0 Å². The lowest BCUT2D eigenvalue weighted by Gasteiger charge is -2.46. The molecule has 0 unspecified atom stereocenters. The molecule has 58 heavy (non-hydrogen) atoms. The van der Waals surface area contributed by atoms with Gasteiger partial charge in [0.1, 0.15) is 5.76 Å². The number of furan rings is 1. The van der Waals surface area contributed by atoms with Gasteiger partial charge in [-0.1, -0.05) is 124 Å². The van der Waals surface area contributed by atoms with Crippen LogP contribution >= 0.6 is 0 Å². The van der Waals surface area contributed by atoms with Crippen molar-refractivity contribution in [3.8, 4) is 11.1 Å². The summed E-state index contributed by atoms with van der Waals surface area (Å²) in [5.74, 6) is 1.07. The van der Waals surface area contributed by atoms with E-state index in [0.29, 0.717) is 0 Å². The summed E-state index contributed by atoms with van der Waals surface area (Å²) in [6, 6.07) is 37.8. The van der Waals surface area contributed by atoms with E-state index in [1.807, 2.05) is 0 Å². The standard InChI is InChI=1S/C54H59BN2O/c1-32-28-43-46-44(29-32)57(36-24-20-34(21-25-36)51(5,6)7)47-45-37-16-14-15-17-38(37)54(12,13)48(45)58-49(47)55(46)41-30-39-40(53(10,11)27-26-52(39,8)9)31-42(41)56(43)35-22-18-33(19-23-35)50(2,3)4/h14-25,28-31H,26-27H2,1-13H3. The van der Waals surface area contributed by atoms with Crippen molar-refractivity contribution in [2.24, 2.45) is 0 Å². The summed E-state index contributed by atoms with van der Waals surface area (Å²) in [7, 11) is 0. The number of hydrogen-bond donors (Lipinski definition) is 0. The average Bonchev–Trinajstić information content (AvgIpc) is 3.66. The van der Waals surface area contributed by atoms with Crippen molar-refractivity contribution in [1.29, 1.82) is 0 Å². The molecule has 1 aromatic heterocycles. The molecule has 10 rings (SSSR count). The van der Waals surface area contributed by atoms with E-state index < -0.39 is 0 Å². The third-order valence-corrected chi connectivity index (χ3v) is 14.4. The number of benzene rings is 5. The Morgan fingerprint density at radius 3 is 1.67 bits per heavy atom. The van der Waals surface area contributed by atoms with Gasteiger partial charge >= 0.3 is 0 Å². The Labute approximate surface area is 347 Å². The van der Waals surface area contributed by atoms with E-state index in [1.165, 1.54) is 96.7 Å². The van der Waals surface area contributed by atoms with Crippen LogP contribution in [-0.4, -0.2) is 6.71 Å². The van der Waals surface area contributed by atoms with Crippen LogP contribution < -0.4 is 26.4 Å². The Hall–Kier alpha value is -4.96. The molecule has 0 spiro atoms. The van der Waals surface area contributed by atoms with Gasteiger partial charge in [-0.15, -0.1) is 0 Å². The molecule has 2 aliphatic carbocycles. The first kappa shape index (κ1) is 37.3. The zero-order valence-electron chi connectivity index (χ0n) is 37.0. The van der Waals surface area contributed by atoms with Crippen molar-refractivity contribution >= 4 is 57.4 Å². The van der Waals surface area contributed by atoms with Crippen molar-refractivity contribution in [3.63, 3.8) is 0 Å². The van der Waals surface area contributed by atoms with Crippen LogP contribution in [0.25, 0.3) is 11.1 Å². The highest BCUT2D eigenvalue weighted by Gasteiger charge is 2.52. The van der Waals surface area contributed by atoms with Crippen molar-refractivity contribution in [1.82, 2.24) is 0 Å². The van der Waals surface area contributed by atoms with E-state index >= 15 is 0 Å². The largest absolute Gasteiger partial charge is 0.471 e. The average molecular weight is 763 g/mol. The molecule has 2 aliphatic heterocycles. The fourth-order valence-corrected chi connectivity index (χ4v) is 10.8. The second kappa shape index (κ2) is 11.8. The molecule has 3 nitrogen and oxygen atoms in total. The molecule has 0 fully saturated rings. The van der Waals surface area contributed by atoms with Gasteiger partial charge in [0.25, 0.3) is 6.71 Å².